The molecule has 6 nitrogen and oxygen atoms in total. The zero-order chi connectivity index (χ0) is 16.5. The third-order valence-electron chi connectivity index (χ3n) is 3.55. The number of amides is 1. The number of benzene rings is 2. The number of anilines is 1. The van der Waals surface area contributed by atoms with Crippen LogP contribution in [0.4, 0.5) is 5.13 Å². The van der Waals surface area contributed by atoms with Crippen molar-refractivity contribution >= 4 is 43.6 Å². The number of thiazole rings is 1. The van der Waals surface area contributed by atoms with Gasteiger partial charge in [-0.3, -0.25) is 20.1 Å². The first kappa shape index (κ1) is 14.5. The van der Waals surface area contributed by atoms with Crippen LogP contribution in [0.15, 0.2) is 48.8 Å². The fraction of sp³-hybridized carbons (Fsp3) is 0.0588. The quantitative estimate of drug-likeness (QED) is 0.619. The molecule has 0 aliphatic heterocycles. The summed E-state index contributed by atoms with van der Waals surface area (Å²) in [6.45, 7) is 0. The average molecular weight is 336 g/mol. The maximum Gasteiger partial charge on any atom is 0.257 e. The first-order valence-corrected chi connectivity index (χ1v) is 8.02. The van der Waals surface area contributed by atoms with Gasteiger partial charge in [0.25, 0.3) is 5.91 Å². The standard InChI is InChI=1S/C17H12N4O2S/c1-23-13-3-2-4-14-15(13)20-17(24-14)21-16(22)10-5-6-11-12(9-10)19-8-7-18-11/h2-9H,1H3,(H,20,21,22). The topological polar surface area (TPSA) is 77.0 Å². The Labute approximate surface area is 141 Å². The van der Waals surface area contributed by atoms with E-state index in [1.54, 1.807) is 37.7 Å². The van der Waals surface area contributed by atoms with Gasteiger partial charge in [0.1, 0.15) is 11.3 Å². The van der Waals surface area contributed by atoms with Gasteiger partial charge < -0.3 is 4.74 Å². The van der Waals surface area contributed by atoms with Gasteiger partial charge in [-0.1, -0.05) is 17.4 Å². The van der Waals surface area contributed by atoms with Crippen LogP contribution in [0.25, 0.3) is 21.3 Å². The van der Waals surface area contributed by atoms with Crippen molar-refractivity contribution in [2.24, 2.45) is 0 Å². The van der Waals surface area contributed by atoms with E-state index < -0.39 is 0 Å². The van der Waals surface area contributed by atoms with Gasteiger partial charge in [0.2, 0.25) is 0 Å². The maximum absolute atomic E-state index is 12.5. The second-order valence-electron chi connectivity index (χ2n) is 5.04. The zero-order valence-corrected chi connectivity index (χ0v) is 13.5. The van der Waals surface area contributed by atoms with Gasteiger partial charge >= 0.3 is 0 Å². The number of aromatic nitrogens is 3. The summed E-state index contributed by atoms with van der Waals surface area (Å²) >= 11 is 1.40. The molecule has 1 amide bonds. The van der Waals surface area contributed by atoms with Crippen LogP contribution in [-0.2, 0) is 0 Å². The highest BCUT2D eigenvalue weighted by Crippen LogP contribution is 2.32. The number of nitrogens with zero attached hydrogens (tertiary/aromatic N) is 3. The van der Waals surface area contributed by atoms with Crippen molar-refractivity contribution in [1.82, 2.24) is 15.0 Å². The molecule has 0 saturated carbocycles. The number of hydrogen-bond donors (Lipinski definition) is 1. The summed E-state index contributed by atoms with van der Waals surface area (Å²) in [5, 5.41) is 3.36. The molecule has 0 aliphatic rings. The molecule has 0 radical (unpaired) electrons. The van der Waals surface area contributed by atoms with Crippen LogP contribution >= 0.6 is 11.3 Å². The van der Waals surface area contributed by atoms with Crippen molar-refractivity contribution in [3.05, 3.63) is 54.4 Å². The van der Waals surface area contributed by atoms with Crippen molar-refractivity contribution < 1.29 is 9.53 Å². The monoisotopic (exact) mass is 336 g/mol. The number of ether oxygens (including phenoxy) is 1. The smallest absolute Gasteiger partial charge is 0.257 e. The minimum Gasteiger partial charge on any atom is -0.494 e. The number of para-hydroxylation sites is 1. The number of nitrogens with one attached hydrogen (secondary N) is 1. The van der Waals surface area contributed by atoms with Crippen LogP contribution in [0.1, 0.15) is 10.4 Å². The molecule has 0 fully saturated rings. The van der Waals surface area contributed by atoms with Crippen molar-refractivity contribution in [3.8, 4) is 5.75 Å². The molecule has 7 heteroatoms. The molecule has 4 rings (SSSR count). The summed E-state index contributed by atoms with van der Waals surface area (Å²) in [6, 6.07) is 10.9. The Morgan fingerprint density at radius 3 is 2.79 bits per heavy atom. The van der Waals surface area contributed by atoms with Crippen molar-refractivity contribution in [1.29, 1.82) is 0 Å². The molecule has 0 aliphatic carbocycles. The molecular weight excluding hydrogens is 324 g/mol. The highest BCUT2D eigenvalue weighted by Gasteiger charge is 2.13. The van der Waals surface area contributed by atoms with Crippen LogP contribution in [0, 0.1) is 0 Å². The summed E-state index contributed by atoms with van der Waals surface area (Å²) < 4.78 is 6.25. The number of rotatable bonds is 3. The molecule has 0 atom stereocenters. The van der Waals surface area contributed by atoms with Crippen LogP contribution < -0.4 is 10.1 Å². The second kappa shape index (κ2) is 5.86. The molecule has 0 saturated heterocycles. The Morgan fingerprint density at radius 2 is 1.96 bits per heavy atom. The molecule has 0 bridgehead atoms. The predicted octanol–water partition coefficient (Wildman–Crippen LogP) is 3.50. The normalized spacial score (nSPS) is 10.9. The molecule has 24 heavy (non-hydrogen) atoms. The van der Waals surface area contributed by atoms with Gasteiger partial charge in [0, 0.05) is 18.0 Å². The van der Waals surface area contributed by atoms with E-state index in [9.17, 15) is 4.79 Å². The summed E-state index contributed by atoms with van der Waals surface area (Å²) in [7, 11) is 1.60. The third kappa shape index (κ3) is 2.55. The summed E-state index contributed by atoms with van der Waals surface area (Å²) in [5.74, 6) is 0.450. The molecule has 118 valence electrons. The fourth-order valence-corrected chi connectivity index (χ4v) is 3.29. The van der Waals surface area contributed by atoms with Gasteiger partial charge in [-0.25, -0.2) is 4.98 Å². The Bertz CT molecular complexity index is 1060. The Morgan fingerprint density at radius 1 is 1.12 bits per heavy atom. The number of carbonyl (C=O) groups is 1. The van der Waals surface area contributed by atoms with Gasteiger partial charge in [0.15, 0.2) is 5.13 Å². The lowest BCUT2D eigenvalue weighted by Crippen LogP contribution is -2.11. The van der Waals surface area contributed by atoms with Crippen LogP contribution in [-0.4, -0.2) is 28.0 Å². The Balaban J connectivity index is 1.65. The van der Waals surface area contributed by atoms with Crippen LogP contribution in [0.2, 0.25) is 0 Å². The molecule has 1 N–H and O–H groups in total. The molecule has 2 heterocycles. The second-order valence-corrected chi connectivity index (χ2v) is 6.07. The van der Waals surface area contributed by atoms with E-state index >= 15 is 0 Å². The van der Waals surface area contributed by atoms with Crippen molar-refractivity contribution in [2.75, 3.05) is 12.4 Å². The Hall–Kier alpha value is -3.06. The van der Waals surface area contributed by atoms with E-state index in [4.69, 9.17) is 4.74 Å². The maximum atomic E-state index is 12.5. The summed E-state index contributed by atoms with van der Waals surface area (Å²) in [6.07, 6.45) is 3.22. The molecule has 0 spiro atoms. The van der Waals surface area contributed by atoms with Crippen LogP contribution in [0.5, 0.6) is 5.75 Å². The Kier molecular flexibility index (Phi) is 3.55. The van der Waals surface area contributed by atoms with Crippen molar-refractivity contribution in [2.45, 2.75) is 0 Å². The third-order valence-corrected chi connectivity index (χ3v) is 4.49. The lowest BCUT2D eigenvalue weighted by atomic mass is 10.2. The minimum absolute atomic E-state index is 0.236. The molecule has 2 aromatic carbocycles. The van der Waals surface area contributed by atoms with Gasteiger partial charge in [-0.05, 0) is 30.3 Å². The first-order valence-electron chi connectivity index (χ1n) is 7.20. The highest BCUT2D eigenvalue weighted by molar-refractivity contribution is 7.22. The number of carbonyl (C=O) groups excluding carboxylic acids is 1. The summed E-state index contributed by atoms with van der Waals surface area (Å²) in [5.41, 5.74) is 2.67. The minimum atomic E-state index is -0.236. The van der Waals surface area contributed by atoms with Crippen LogP contribution in [0.3, 0.4) is 0 Å². The molecule has 4 aromatic rings. The average Bonchev–Trinajstić information content (AvgIpc) is 3.03. The predicted molar refractivity (Wildman–Crippen MR) is 93.7 cm³/mol. The molecular formula is C17H12N4O2S. The van der Waals surface area contributed by atoms with E-state index in [1.165, 1.54) is 11.3 Å². The first-order chi connectivity index (χ1) is 11.7. The lowest BCUT2D eigenvalue weighted by Gasteiger charge is -2.02. The summed E-state index contributed by atoms with van der Waals surface area (Å²) in [4.78, 5) is 25.3. The van der Waals surface area contributed by atoms with E-state index in [0.29, 0.717) is 22.0 Å². The SMILES string of the molecule is COc1cccc2sc(NC(=O)c3ccc4nccnc4c3)nc12. The number of hydrogen-bond acceptors (Lipinski definition) is 6. The van der Waals surface area contributed by atoms with E-state index in [1.807, 2.05) is 18.2 Å². The van der Waals surface area contributed by atoms with Gasteiger partial charge in [0.05, 0.1) is 22.8 Å². The van der Waals surface area contributed by atoms with Gasteiger partial charge in [-0.2, -0.15) is 0 Å². The molecule has 2 aromatic heterocycles. The van der Waals surface area contributed by atoms with Crippen molar-refractivity contribution in [3.63, 3.8) is 0 Å². The lowest BCUT2D eigenvalue weighted by molar-refractivity contribution is 0.102. The molecule has 0 unspecified atom stereocenters. The zero-order valence-electron chi connectivity index (χ0n) is 12.7. The van der Waals surface area contributed by atoms with E-state index in [2.05, 4.69) is 20.3 Å². The highest BCUT2D eigenvalue weighted by atomic mass is 32.1. The fourth-order valence-electron chi connectivity index (χ4n) is 2.42. The largest absolute Gasteiger partial charge is 0.494 e. The van der Waals surface area contributed by atoms with E-state index in [-0.39, 0.29) is 5.91 Å². The van der Waals surface area contributed by atoms with E-state index in [0.717, 1.165) is 15.7 Å². The number of methoxy groups -OCH3 is 1. The van der Waals surface area contributed by atoms with Gasteiger partial charge in [-0.15, -0.1) is 0 Å². The number of fused-ring (bicyclic) bond motifs is 2.